The Morgan fingerprint density at radius 2 is 2.21 bits per heavy atom. The molecule has 102 valence electrons. The van der Waals surface area contributed by atoms with E-state index < -0.39 is 0 Å². The Bertz CT molecular complexity index is 497. The highest BCUT2D eigenvalue weighted by molar-refractivity contribution is 9.10. The van der Waals surface area contributed by atoms with Crippen molar-refractivity contribution in [3.05, 3.63) is 50.9 Å². The fourth-order valence-electron chi connectivity index (χ4n) is 2.01. The van der Waals surface area contributed by atoms with Gasteiger partial charge in [0.2, 0.25) is 0 Å². The van der Waals surface area contributed by atoms with Crippen molar-refractivity contribution in [2.45, 2.75) is 32.2 Å². The van der Waals surface area contributed by atoms with Gasteiger partial charge in [0.05, 0.1) is 5.01 Å². The predicted octanol–water partition coefficient (Wildman–Crippen LogP) is 4.23. The van der Waals surface area contributed by atoms with Crippen LogP contribution in [0.1, 0.15) is 30.3 Å². The molecule has 0 amide bonds. The van der Waals surface area contributed by atoms with Gasteiger partial charge in [0, 0.05) is 41.0 Å². The zero-order valence-electron chi connectivity index (χ0n) is 11.3. The summed E-state index contributed by atoms with van der Waals surface area (Å²) in [5.41, 5.74) is 1.36. The van der Waals surface area contributed by atoms with Gasteiger partial charge < -0.3 is 5.32 Å². The molecular formula is C15H19BrN2S. The lowest BCUT2D eigenvalue weighted by Gasteiger charge is -2.19. The van der Waals surface area contributed by atoms with Gasteiger partial charge in [0.1, 0.15) is 0 Å². The summed E-state index contributed by atoms with van der Waals surface area (Å²) in [5, 5.41) is 6.79. The lowest BCUT2D eigenvalue weighted by molar-refractivity contribution is 0.526. The van der Waals surface area contributed by atoms with Gasteiger partial charge in [-0.25, -0.2) is 4.98 Å². The van der Waals surface area contributed by atoms with E-state index in [4.69, 9.17) is 0 Å². The molecule has 0 aliphatic rings. The quantitative estimate of drug-likeness (QED) is 0.852. The van der Waals surface area contributed by atoms with Crippen molar-refractivity contribution in [2.24, 2.45) is 0 Å². The van der Waals surface area contributed by atoms with Crippen molar-refractivity contribution in [3.63, 3.8) is 0 Å². The summed E-state index contributed by atoms with van der Waals surface area (Å²) in [6.45, 7) is 5.34. The lowest BCUT2D eigenvalue weighted by Crippen LogP contribution is -2.28. The molecule has 1 N–H and O–H groups in total. The molecule has 1 aromatic heterocycles. The van der Waals surface area contributed by atoms with Crippen LogP contribution in [0.15, 0.2) is 40.3 Å². The van der Waals surface area contributed by atoms with Crippen LogP contribution in [0.5, 0.6) is 0 Å². The minimum absolute atomic E-state index is 0.464. The topological polar surface area (TPSA) is 24.9 Å². The first-order chi connectivity index (χ1) is 9.15. The average Bonchev–Trinajstić information content (AvgIpc) is 2.87. The monoisotopic (exact) mass is 338 g/mol. The Labute approximate surface area is 127 Å². The second kappa shape index (κ2) is 7.17. The van der Waals surface area contributed by atoms with Crippen molar-refractivity contribution in [1.29, 1.82) is 0 Å². The Morgan fingerprint density at radius 3 is 2.84 bits per heavy atom. The molecule has 1 atom stereocenters. The van der Waals surface area contributed by atoms with E-state index in [1.807, 2.05) is 11.6 Å². The van der Waals surface area contributed by atoms with Crippen LogP contribution in [0.4, 0.5) is 0 Å². The first kappa shape index (κ1) is 14.7. The Balaban J connectivity index is 2.13. The summed E-state index contributed by atoms with van der Waals surface area (Å²) in [4.78, 5) is 4.41. The molecule has 0 saturated heterocycles. The van der Waals surface area contributed by atoms with Gasteiger partial charge in [-0.1, -0.05) is 41.9 Å². The molecule has 0 aliphatic carbocycles. The molecule has 0 spiro atoms. The number of thiazole rings is 1. The predicted molar refractivity (Wildman–Crippen MR) is 85.8 cm³/mol. The van der Waals surface area contributed by atoms with E-state index in [-0.39, 0.29) is 0 Å². The zero-order valence-corrected chi connectivity index (χ0v) is 13.7. The summed E-state index contributed by atoms with van der Waals surface area (Å²) in [6, 6.07) is 9.08. The molecule has 2 aromatic rings. The van der Waals surface area contributed by atoms with Gasteiger partial charge >= 0.3 is 0 Å². The number of rotatable bonds is 6. The van der Waals surface area contributed by atoms with Gasteiger partial charge in [0.25, 0.3) is 0 Å². The van der Waals surface area contributed by atoms with E-state index in [1.54, 1.807) is 11.3 Å². The number of aromatic nitrogens is 1. The number of hydrogen-bond acceptors (Lipinski definition) is 3. The largest absolute Gasteiger partial charge is 0.314 e. The second-order valence-corrected chi connectivity index (χ2v) is 6.84. The molecule has 19 heavy (non-hydrogen) atoms. The second-order valence-electron chi connectivity index (χ2n) is 4.94. The number of hydrogen-bond donors (Lipinski definition) is 1. The smallest absolute Gasteiger partial charge is 0.0931 e. The maximum absolute atomic E-state index is 4.41. The van der Waals surface area contributed by atoms with Gasteiger partial charge in [-0.05, 0) is 17.7 Å². The highest BCUT2D eigenvalue weighted by Gasteiger charge is 2.14. The van der Waals surface area contributed by atoms with E-state index >= 15 is 0 Å². The van der Waals surface area contributed by atoms with E-state index in [9.17, 15) is 0 Å². The summed E-state index contributed by atoms with van der Waals surface area (Å²) in [7, 11) is 0. The molecule has 1 heterocycles. The van der Waals surface area contributed by atoms with Gasteiger partial charge in [-0.2, -0.15) is 0 Å². The minimum Gasteiger partial charge on any atom is -0.314 e. The van der Waals surface area contributed by atoms with Crippen LogP contribution in [0.2, 0.25) is 0 Å². The van der Waals surface area contributed by atoms with Crippen LogP contribution in [-0.4, -0.2) is 17.6 Å². The molecule has 0 radical (unpaired) electrons. The van der Waals surface area contributed by atoms with Crippen LogP contribution in [0, 0.1) is 0 Å². The van der Waals surface area contributed by atoms with Gasteiger partial charge in [0.15, 0.2) is 0 Å². The fraction of sp³-hybridized carbons (Fsp3) is 0.400. The van der Waals surface area contributed by atoms with E-state index in [1.165, 1.54) is 10.6 Å². The van der Waals surface area contributed by atoms with Crippen molar-refractivity contribution >= 4 is 27.3 Å². The normalized spacial score (nSPS) is 12.8. The fourth-order valence-corrected chi connectivity index (χ4v) is 3.13. The van der Waals surface area contributed by atoms with Crippen molar-refractivity contribution in [1.82, 2.24) is 10.3 Å². The number of benzene rings is 1. The summed E-state index contributed by atoms with van der Waals surface area (Å²) in [6.07, 6.45) is 2.88. The Morgan fingerprint density at radius 1 is 1.37 bits per heavy atom. The highest BCUT2D eigenvalue weighted by atomic mass is 79.9. The van der Waals surface area contributed by atoms with Crippen LogP contribution in [0.25, 0.3) is 0 Å². The Hall–Kier alpha value is -0.710. The maximum Gasteiger partial charge on any atom is 0.0931 e. The average molecular weight is 339 g/mol. The van der Waals surface area contributed by atoms with Gasteiger partial charge in [-0.3, -0.25) is 0 Å². The molecule has 1 unspecified atom stereocenters. The van der Waals surface area contributed by atoms with Crippen molar-refractivity contribution < 1.29 is 0 Å². The van der Waals surface area contributed by atoms with Crippen LogP contribution >= 0.6 is 27.3 Å². The molecule has 0 fully saturated rings. The van der Waals surface area contributed by atoms with E-state index in [0.29, 0.717) is 12.0 Å². The first-order valence-corrected chi connectivity index (χ1v) is 8.19. The lowest BCUT2D eigenvalue weighted by atomic mass is 9.95. The summed E-state index contributed by atoms with van der Waals surface area (Å²) < 4.78 is 1.14. The molecule has 2 nitrogen and oxygen atoms in total. The van der Waals surface area contributed by atoms with Crippen LogP contribution in [0.3, 0.4) is 0 Å². The molecule has 0 bridgehead atoms. The molecule has 1 aromatic carbocycles. The standard InChI is InChI=1S/C15H19BrN2S/c1-11(2)18-10-13(9-15-17-6-7-19-15)12-4-3-5-14(16)8-12/h3-8,11,13,18H,9-10H2,1-2H3. The van der Waals surface area contributed by atoms with E-state index in [0.717, 1.165) is 17.4 Å². The van der Waals surface area contributed by atoms with Crippen molar-refractivity contribution in [3.8, 4) is 0 Å². The van der Waals surface area contributed by atoms with E-state index in [2.05, 4.69) is 64.3 Å². The van der Waals surface area contributed by atoms with Crippen molar-refractivity contribution in [2.75, 3.05) is 6.54 Å². The first-order valence-electron chi connectivity index (χ1n) is 6.52. The molecule has 0 saturated carbocycles. The maximum atomic E-state index is 4.41. The third-order valence-corrected chi connectivity index (χ3v) is 4.29. The Kier molecular flexibility index (Phi) is 5.55. The third-order valence-electron chi connectivity index (χ3n) is 3.00. The van der Waals surface area contributed by atoms with Crippen LogP contribution < -0.4 is 5.32 Å². The molecular weight excluding hydrogens is 320 g/mol. The summed E-state index contributed by atoms with van der Waals surface area (Å²) >= 11 is 5.29. The molecule has 0 aliphatic heterocycles. The SMILES string of the molecule is CC(C)NCC(Cc1nccs1)c1cccc(Br)c1. The minimum atomic E-state index is 0.464. The zero-order chi connectivity index (χ0) is 13.7. The third kappa shape index (κ3) is 4.71. The molecule has 2 rings (SSSR count). The number of nitrogens with zero attached hydrogens (tertiary/aromatic N) is 1. The van der Waals surface area contributed by atoms with Crippen LogP contribution in [-0.2, 0) is 6.42 Å². The highest BCUT2D eigenvalue weighted by Crippen LogP contribution is 2.24. The molecule has 4 heteroatoms. The summed E-state index contributed by atoms with van der Waals surface area (Å²) in [5.74, 6) is 0.464. The number of halogens is 1. The van der Waals surface area contributed by atoms with Gasteiger partial charge in [-0.15, -0.1) is 11.3 Å². The number of nitrogens with one attached hydrogen (secondary N) is 1.